The fourth-order valence-corrected chi connectivity index (χ4v) is 3.24. The van der Waals surface area contributed by atoms with Crippen LogP contribution in [0.15, 0.2) is 60.9 Å². The molecule has 0 atom stereocenters. The number of nitrogens with zero attached hydrogens (tertiary/aromatic N) is 3. The zero-order valence-electron chi connectivity index (χ0n) is 17.6. The highest BCUT2D eigenvalue weighted by molar-refractivity contribution is 6.05. The number of fused-ring (bicyclic) bond motifs is 1. The first-order valence-corrected chi connectivity index (χ1v) is 9.80. The Bertz CT molecular complexity index is 1340. The fourth-order valence-electron chi connectivity index (χ4n) is 3.24. The van der Waals surface area contributed by atoms with Crippen LogP contribution in [-0.4, -0.2) is 34.3 Å². The van der Waals surface area contributed by atoms with Gasteiger partial charge in [-0.3, -0.25) is 4.79 Å². The van der Waals surface area contributed by atoms with Crippen molar-refractivity contribution in [3.8, 4) is 16.9 Å². The molecule has 0 fully saturated rings. The minimum Gasteiger partial charge on any atom is -0.406 e. The molecule has 0 aliphatic heterocycles. The number of ether oxygens (including phenoxy) is 1. The number of rotatable bonds is 5. The van der Waals surface area contributed by atoms with Crippen molar-refractivity contribution in [3.63, 3.8) is 0 Å². The lowest BCUT2D eigenvalue weighted by atomic mass is 9.98. The van der Waals surface area contributed by atoms with Crippen LogP contribution >= 0.6 is 0 Å². The minimum absolute atomic E-state index is 0.175. The molecule has 0 aliphatic carbocycles. The third kappa shape index (κ3) is 5.17. The van der Waals surface area contributed by atoms with Gasteiger partial charge in [-0.25, -0.2) is 9.97 Å². The highest BCUT2D eigenvalue weighted by Crippen LogP contribution is 2.28. The molecule has 2 heterocycles. The van der Waals surface area contributed by atoms with Crippen LogP contribution in [0.4, 0.5) is 24.8 Å². The maximum Gasteiger partial charge on any atom is 0.573 e. The largest absolute Gasteiger partial charge is 0.573 e. The lowest BCUT2D eigenvalue weighted by Gasteiger charge is -2.12. The summed E-state index contributed by atoms with van der Waals surface area (Å²) in [6.07, 6.45) is -1.49. The number of aryl methyl sites for hydroxylation is 1. The van der Waals surface area contributed by atoms with Gasteiger partial charge in [0, 0.05) is 47.7 Å². The monoisotopic (exact) mass is 453 g/mol. The Balaban J connectivity index is 1.60. The van der Waals surface area contributed by atoms with E-state index in [1.165, 1.54) is 12.1 Å². The topological polar surface area (TPSA) is 89.0 Å². The highest BCUT2D eigenvalue weighted by Gasteiger charge is 2.31. The Morgan fingerprint density at radius 3 is 2.61 bits per heavy atom. The van der Waals surface area contributed by atoms with Crippen LogP contribution in [0.1, 0.15) is 15.9 Å². The molecule has 168 valence electrons. The fraction of sp³-hybridized carbons (Fsp3) is 0.130. The molecule has 33 heavy (non-hydrogen) atoms. The maximum atomic E-state index is 12.8. The van der Waals surface area contributed by atoms with Crippen molar-refractivity contribution in [3.05, 3.63) is 72.1 Å². The van der Waals surface area contributed by atoms with E-state index in [1.807, 2.05) is 13.0 Å². The average molecular weight is 453 g/mol. The van der Waals surface area contributed by atoms with E-state index in [0.717, 1.165) is 34.2 Å². The SMILES string of the molecule is CNc1ncc2cc(-c3cc(C(=O)Nc4cccc(OC(F)(F)F)c4)ccc3C)cnc2n1. The number of hydrogen-bond acceptors (Lipinski definition) is 6. The smallest absolute Gasteiger partial charge is 0.406 e. The number of hydrogen-bond donors (Lipinski definition) is 2. The van der Waals surface area contributed by atoms with Crippen LogP contribution in [-0.2, 0) is 0 Å². The van der Waals surface area contributed by atoms with Crippen LogP contribution in [0, 0.1) is 6.92 Å². The predicted molar refractivity (Wildman–Crippen MR) is 118 cm³/mol. The first kappa shape index (κ1) is 22.0. The Kier molecular flexibility index (Phi) is 5.82. The summed E-state index contributed by atoms with van der Waals surface area (Å²) in [5.74, 6) is -0.436. The van der Waals surface area contributed by atoms with E-state index in [-0.39, 0.29) is 5.69 Å². The second kappa shape index (κ2) is 8.73. The number of aromatic nitrogens is 3. The van der Waals surface area contributed by atoms with Crippen molar-refractivity contribution in [1.82, 2.24) is 15.0 Å². The summed E-state index contributed by atoms with van der Waals surface area (Å²) in [5.41, 5.74) is 3.51. The van der Waals surface area contributed by atoms with Crippen LogP contribution in [0.25, 0.3) is 22.2 Å². The highest BCUT2D eigenvalue weighted by atomic mass is 19.4. The number of amides is 1. The molecule has 0 aliphatic rings. The molecule has 2 N–H and O–H groups in total. The van der Waals surface area contributed by atoms with Gasteiger partial charge in [-0.05, 0) is 48.4 Å². The molecule has 0 saturated carbocycles. The number of alkyl halides is 3. The number of pyridine rings is 1. The second-order valence-electron chi connectivity index (χ2n) is 7.14. The summed E-state index contributed by atoms with van der Waals surface area (Å²) in [5, 5.41) is 6.19. The van der Waals surface area contributed by atoms with Crippen LogP contribution in [0.3, 0.4) is 0 Å². The number of nitrogens with one attached hydrogen (secondary N) is 2. The normalized spacial score (nSPS) is 11.3. The molecule has 4 aromatic rings. The Hall–Kier alpha value is -4.21. The van der Waals surface area contributed by atoms with Gasteiger partial charge in [-0.15, -0.1) is 13.2 Å². The summed E-state index contributed by atoms with van der Waals surface area (Å²) in [6, 6.07) is 12.1. The van der Waals surface area contributed by atoms with Gasteiger partial charge >= 0.3 is 6.36 Å². The Morgan fingerprint density at radius 2 is 1.85 bits per heavy atom. The molecule has 7 nitrogen and oxygen atoms in total. The average Bonchev–Trinajstić information content (AvgIpc) is 2.77. The number of halogens is 3. The number of benzene rings is 2. The molecular formula is C23H18F3N5O2. The van der Waals surface area contributed by atoms with Crippen molar-refractivity contribution in [2.45, 2.75) is 13.3 Å². The quantitative estimate of drug-likeness (QED) is 0.432. The molecule has 10 heteroatoms. The van der Waals surface area contributed by atoms with Crippen molar-refractivity contribution >= 4 is 28.6 Å². The Labute approximate surface area is 186 Å². The standard InChI is InChI=1S/C23H18F3N5O2/c1-13-6-7-14(21(32)30-17-4-3-5-18(10-17)33-23(24,25)26)9-19(13)15-8-16-12-29-22(27-2)31-20(16)28-11-15/h3-12H,1-2H3,(H,30,32)(H,27,28,29,31). The zero-order chi connectivity index (χ0) is 23.6. The molecule has 0 saturated heterocycles. The van der Waals surface area contributed by atoms with E-state index in [9.17, 15) is 18.0 Å². The number of anilines is 2. The summed E-state index contributed by atoms with van der Waals surface area (Å²) in [6.45, 7) is 1.90. The van der Waals surface area contributed by atoms with E-state index in [0.29, 0.717) is 17.2 Å². The van der Waals surface area contributed by atoms with Gasteiger partial charge in [0.1, 0.15) is 5.75 Å². The van der Waals surface area contributed by atoms with Crippen LogP contribution in [0.2, 0.25) is 0 Å². The number of carbonyl (C=O) groups excluding carboxylic acids is 1. The maximum absolute atomic E-state index is 12.8. The zero-order valence-corrected chi connectivity index (χ0v) is 17.6. The molecular weight excluding hydrogens is 435 g/mol. The summed E-state index contributed by atoms with van der Waals surface area (Å²) >= 11 is 0. The van der Waals surface area contributed by atoms with E-state index < -0.39 is 18.0 Å². The van der Waals surface area contributed by atoms with Crippen molar-refractivity contribution < 1.29 is 22.7 Å². The molecule has 0 bridgehead atoms. The molecule has 2 aromatic heterocycles. The Morgan fingerprint density at radius 1 is 1.03 bits per heavy atom. The van der Waals surface area contributed by atoms with Gasteiger partial charge < -0.3 is 15.4 Å². The van der Waals surface area contributed by atoms with Gasteiger partial charge in [-0.2, -0.15) is 4.98 Å². The number of carbonyl (C=O) groups is 1. The van der Waals surface area contributed by atoms with Gasteiger partial charge in [-0.1, -0.05) is 12.1 Å². The first-order chi connectivity index (χ1) is 15.7. The summed E-state index contributed by atoms with van der Waals surface area (Å²) < 4.78 is 41.3. The van der Waals surface area contributed by atoms with Crippen molar-refractivity contribution in [1.29, 1.82) is 0 Å². The molecule has 0 radical (unpaired) electrons. The summed E-state index contributed by atoms with van der Waals surface area (Å²) in [7, 11) is 1.72. The van der Waals surface area contributed by atoms with Crippen LogP contribution < -0.4 is 15.4 Å². The lowest BCUT2D eigenvalue weighted by molar-refractivity contribution is -0.274. The van der Waals surface area contributed by atoms with E-state index >= 15 is 0 Å². The van der Waals surface area contributed by atoms with Gasteiger partial charge in [0.15, 0.2) is 5.65 Å². The van der Waals surface area contributed by atoms with Gasteiger partial charge in [0.25, 0.3) is 5.91 Å². The molecule has 0 spiro atoms. The third-order valence-electron chi connectivity index (χ3n) is 4.79. The van der Waals surface area contributed by atoms with Crippen molar-refractivity contribution in [2.75, 3.05) is 17.7 Å². The predicted octanol–water partition coefficient (Wildman–Crippen LogP) is 5.19. The van der Waals surface area contributed by atoms with E-state index in [4.69, 9.17) is 0 Å². The molecule has 2 aromatic carbocycles. The lowest BCUT2D eigenvalue weighted by Crippen LogP contribution is -2.17. The minimum atomic E-state index is -4.82. The molecule has 0 unspecified atom stereocenters. The first-order valence-electron chi connectivity index (χ1n) is 9.80. The van der Waals surface area contributed by atoms with Crippen molar-refractivity contribution in [2.24, 2.45) is 0 Å². The van der Waals surface area contributed by atoms with E-state index in [2.05, 4.69) is 30.3 Å². The molecule has 4 rings (SSSR count). The van der Waals surface area contributed by atoms with E-state index in [1.54, 1.807) is 37.6 Å². The van der Waals surface area contributed by atoms with Gasteiger partial charge in [0.2, 0.25) is 5.95 Å². The summed E-state index contributed by atoms with van der Waals surface area (Å²) in [4.78, 5) is 25.7. The second-order valence-corrected chi connectivity index (χ2v) is 7.14. The third-order valence-corrected chi connectivity index (χ3v) is 4.79. The van der Waals surface area contributed by atoms with Gasteiger partial charge in [0.05, 0.1) is 0 Å². The van der Waals surface area contributed by atoms with Crippen LogP contribution in [0.5, 0.6) is 5.75 Å². The molecule has 1 amide bonds.